The molecule has 0 aliphatic heterocycles. The Kier molecular flexibility index (Phi) is 6.53. The normalized spacial score (nSPS) is 10.6. The van der Waals surface area contributed by atoms with Crippen LogP contribution in [0.3, 0.4) is 0 Å². The number of nitrogens with two attached hydrogens (primary N) is 1. The summed E-state index contributed by atoms with van der Waals surface area (Å²) < 4.78 is 12.9. The molecule has 0 aliphatic carbocycles. The number of methoxy groups -OCH3 is 2. The zero-order valence-electron chi connectivity index (χ0n) is 13.8. The van der Waals surface area contributed by atoms with Crippen LogP contribution in [0.15, 0.2) is 29.1 Å². The van der Waals surface area contributed by atoms with Crippen molar-refractivity contribution in [2.24, 2.45) is 5.73 Å². The summed E-state index contributed by atoms with van der Waals surface area (Å²) in [6.45, 7) is 2.57. The molecule has 0 fully saturated rings. The maximum absolute atomic E-state index is 11.9. The molecule has 1 aromatic carbocycles. The van der Waals surface area contributed by atoms with Gasteiger partial charge in [0.05, 0.1) is 19.9 Å². The molecule has 2 aromatic rings. The van der Waals surface area contributed by atoms with Crippen molar-refractivity contribution in [3.05, 3.63) is 39.4 Å². The van der Waals surface area contributed by atoms with Crippen LogP contribution in [0.4, 0.5) is 0 Å². The number of hydrogen-bond acceptors (Lipinski definition) is 6. The summed E-state index contributed by atoms with van der Waals surface area (Å²) >= 11 is 5.32. The van der Waals surface area contributed by atoms with Crippen molar-refractivity contribution in [3.63, 3.8) is 0 Å². The molecule has 8 heteroatoms. The van der Waals surface area contributed by atoms with Crippen LogP contribution in [0.2, 0.25) is 0 Å². The van der Waals surface area contributed by atoms with Crippen LogP contribution in [0, 0.1) is 4.77 Å². The highest BCUT2D eigenvalue weighted by atomic mass is 32.1. The monoisotopic (exact) mass is 350 g/mol. The molecule has 0 radical (unpaired) electrons. The van der Waals surface area contributed by atoms with Crippen LogP contribution < -0.4 is 26.1 Å². The predicted octanol–water partition coefficient (Wildman–Crippen LogP) is 1.14. The van der Waals surface area contributed by atoms with Crippen molar-refractivity contribution < 1.29 is 9.47 Å². The Bertz CT molecular complexity index is 801. The van der Waals surface area contributed by atoms with E-state index in [9.17, 15) is 4.79 Å². The lowest BCUT2D eigenvalue weighted by atomic mass is 10.1. The lowest BCUT2D eigenvalue weighted by Gasteiger charge is -2.16. The van der Waals surface area contributed by atoms with Crippen LogP contribution >= 0.6 is 12.2 Å². The highest BCUT2D eigenvalue weighted by Crippen LogP contribution is 2.32. The zero-order valence-corrected chi connectivity index (χ0v) is 14.6. The number of rotatable bonds is 8. The van der Waals surface area contributed by atoms with Crippen molar-refractivity contribution in [1.29, 1.82) is 0 Å². The highest BCUT2D eigenvalue weighted by Gasteiger charge is 2.13. The van der Waals surface area contributed by atoms with Gasteiger partial charge in [0.15, 0.2) is 4.77 Å². The number of ether oxygens (including phenoxy) is 2. The Labute approximate surface area is 145 Å². The molecule has 0 bridgehead atoms. The van der Waals surface area contributed by atoms with Crippen molar-refractivity contribution >= 4 is 12.2 Å². The van der Waals surface area contributed by atoms with Gasteiger partial charge in [-0.05, 0) is 24.4 Å². The minimum Gasteiger partial charge on any atom is -0.497 e. The topological polar surface area (TPSA) is 94.3 Å². The first-order valence-electron chi connectivity index (χ1n) is 7.58. The lowest BCUT2D eigenvalue weighted by Crippen LogP contribution is -2.27. The molecular formula is C16H22N4O3S. The summed E-state index contributed by atoms with van der Waals surface area (Å²) in [5.74, 6) is 1.29. The van der Waals surface area contributed by atoms with E-state index in [2.05, 4.69) is 10.3 Å². The van der Waals surface area contributed by atoms with Gasteiger partial charge in [-0.25, -0.2) is 0 Å². The maximum atomic E-state index is 11.9. The van der Waals surface area contributed by atoms with E-state index in [1.54, 1.807) is 20.3 Å². The molecule has 7 nitrogen and oxygen atoms in total. The molecule has 4 N–H and O–H groups in total. The fourth-order valence-electron chi connectivity index (χ4n) is 2.39. The fourth-order valence-corrected chi connectivity index (χ4v) is 2.68. The molecule has 1 aromatic heterocycles. The number of H-pyrrole nitrogens is 1. The SMILES string of the molecule is COc1ccc(-c2cc(=O)[nH]c(=S)n2CCNCCN)c(OC)c1. The average Bonchev–Trinajstić information content (AvgIpc) is 2.59. The van der Waals surface area contributed by atoms with Gasteiger partial charge in [0.25, 0.3) is 5.56 Å². The Morgan fingerprint density at radius 1 is 1.25 bits per heavy atom. The van der Waals surface area contributed by atoms with Crippen LogP contribution in [0.1, 0.15) is 0 Å². The van der Waals surface area contributed by atoms with E-state index in [1.165, 1.54) is 6.07 Å². The molecule has 2 rings (SSSR count). The van der Waals surface area contributed by atoms with Gasteiger partial charge < -0.3 is 25.1 Å². The van der Waals surface area contributed by atoms with E-state index >= 15 is 0 Å². The molecule has 0 aliphatic rings. The van der Waals surface area contributed by atoms with Crippen LogP contribution in [0.5, 0.6) is 11.5 Å². The first-order chi connectivity index (χ1) is 11.6. The van der Waals surface area contributed by atoms with Gasteiger partial charge in [-0.2, -0.15) is 0 Å². The summed E-state index contributed by atoms with van der Waals surface area (Å²) in [6, 6.07) is 6.96. The molecule has 130 valence electrons. The Morgan fingerprint density at radius 3 is 2.71 bits per heavy atom. The molecule has 0 spiro atoms. The van der Waals surface area contributed by atoms with Crippen LogP contribution in [-0.2, 0) is 6.54 Å². The summed E-state index contributed by atoms with van der Waals surface area (Å²) in [7, 11) is 3.17. The number of nitrogens with one attached hydrogen (secondary N) is 2. The number of nitrogens with zero attached hydrogens (tertiary/aromatic N) is 1. The van der Waals surface area contributed by atoms with E-state index in [0.717, 1.165) is 12.1 Å². The standard InChI is InChI=1S/C16H22N4O3S/c1-22-11-3-4-12(14(9-11)23-2)13-10-15(21)19-16(24)20(13)8-7-18-6-5-17/h3-4,9-10,18H,5-8,17H2,1-2H3,(H,19,21,24). The molecule has 0 atom stereocenters. The van der Waals surface area contributed by atoms with Gasteiger partial charge in [0.2, 0.25) is 0 Å². The zero-order chi connectivity index (χ0) is 17.5. The smallest absolute Gasteiger partial charge is 0.252 e. The first-order valence-corrected chi connectivity index (χ1v) is 7.99. The minimum absolute atomic E-state index is 0.251. The van der Waals surface area contributed by atoms with Gasteiger partial charge in [-0.3, -0.25) is 9.78 Å². The van der Waals surface area contributed by atoms with Gasteiger partial charge >= 0.3 is 0 Å². The Balaban J connectivity index is 2.49. The first kappa shape index (κ1) is 18.2. The minimum atomic E-state index is -0.251. The lowest BCUT2D eigenvalue weighted by molar-refractivity contribution is 0.395. The van der Waals surface area contributed by atoms with Gasteiger partial charge in [-0.1, -0.05) is 0 Å². The summed E-state index contributed by atoms with van der Waals surface area (Å²) in [4.78, 5) is 14.6. The predicted molar refractivity (Wildman–Crippen MR) is 96.4 cm³/mol. The largest absolute Gasteiger partial charge is 0.497 e. The van der Waals surface area contributed by atoms with E-state index in [1.807, 2.05) is 16.7 Å². The fraction of sp³-hybridized carbons (Fsp3) is 0.375. The second-order valence-corrected chi connectivity index (χ2v) is 5.47. The Hall–Kier alpha value is -2.16. The second kappa shape index (κ2) is 8.62. The van der Waals surface area contributed by atoms with Crippen LogP contribution in [-0.4, -0.2) is 43.4 Å². The third-order valence-corrected chi connectivity index (χ3v) is 3.87. The summed E-state index contributed by atoms with van der Waals surface area (Å²) in [6.07, 6.45) is 0. The van der Waals surface area contributed by atoms with Crippen molar-refractivity contribution in [1.82, 2.24) is 14.9 Å². The van der Waals surface area contributed by atoms with Gasteiger partial charge in [0, 0.05) is 43.9 Å². The quantitative estimate of drug-likeness (QED) is 0.488. The number of aromatic nitrogens is 2. The molecule has 0 saturated carbocycles. The van der Waals surface area contributed by atoms with E-state index in [4.69, 9.17) is 27.4 Å². The third-order valence-electron chi connectivity index (χ3n) is 3.55. The van der Waals surface area contributed by atoms with E-state index in [-0.39, 0.29) is 5.56 Å². The Morgan fingerprint density at radius 2 is 2.04 bits per heavy atom. The summed E-state index contributed by atoms with van der Waals surface area (Å²) in [5.41, 5.74) is 6.69. The molecule has 0 unspecified atom stereocenters. The van der Waals surface area contributed by atoms with Crippen molar-refractivity contribution in [2.75, 3.05) is 33.9 Å². The van der Waals surface area contributed by atoms with Gasteiger partial charge in [-0.15, -0.1) is 0 Å². The molecule has 0 amide bonds. The van der Waals surface area contributed by atoms with Crippen molar-refractivity contribution in [3.8, 4) is 22.8 Å². The second-order valence-electron chi connectivity index (χ2n) is 5.08. The average molecular weight is 350 g/mol. The van der Waals surface area contributed by atoms with Gasteiger partial charge in [0.1, 0.15) is 11.5 Å². The number of aromatic amines is 1. The highest BCUT2D eigenvalue weighted by molar-refractivity contribution is 7.71. The number of hydrogen-bond donors (Lipinski definition) is 3. The molecular weight excluding hydrogens is 328 g/mol. The van der Waals surface area contributed by atoms with E-state index in [0.29, 0.717) is 41.6 Å². The van der Waals surface area contributed by atoms with Crippen LogP contribution in [0.25, 0.3) is 11.3 Å². The summed E-state index contributed by atoms with van der Waals surface area (Å²) in [5, 5.41) is 3.22. The molecule has 24 heavy (non-hydrogen) atoms. The maximum Gasteiger partial charge on any atom is 0.252 e. The molecule has 0 saturated heterocycles. The molecule has 1 heterocycles. The van der Waals surface area contributed by atoms with E-state index < -0.39 is 0 Å². The van der Waals surface area contributed by atoms with Crippen molar-refractivity contribution in [2.45, 2.75) is 6.54 Å². The number of benzene rings is 1. The third kappa shape index (κ3) is 4.22.